The van der Waals surface area contributed by atoms with Crippen LogP contribution in [0.15, 0.2) is 11.6 Å². The van der Waals surface area contributed by atoms with Crippen LogP contribution in [0.2, 0.25) is 0 Å². The average Bonchev–Trinajstić information content (AvgIpc) is 2.32. The topological polar surface area (TPSA) is 17.1 Å². The van der Waals surface area contributed by atoms with Crippen molar-refractivity contribution in [3.8, 4) is 0 Å². The minimum Gasteiger partial charge on any atom is -0.303 e. The first-order valence-electron chi connectivity index (χ1n) is 6.88. The number of hydrogen-bond acceptors (Lipinski definition) is 1. The highest BCUT2D eigenvalue weighted by atomic mass is 16.1. The lowest BCUT2D eigenvalue weighted by atomic mass is 9.62. The zero-order chi connectivity index (χ0) is 11.5. The molecule has 0 saturated heterocycles. The smallest absolute Gasteiger partial charge is 0.123 e. The summed E-state index contributed by atoms with van der Waals surface area (Å²) in [5.74, 6) is 2.79. The Morgan fingerprint density at radius 2 is 2.25 bits per heavy atom. The average molecular weight is 220 g/mol. The van der Waals surface area contributed by atoms with E-state index in [9.17, 15) is 4.79 Å². The van der Waals surface area contributed by atoms with Gasteiger partial charge >= 0.3 is 0 Å². The summed E-state index contributed by atoms with van der Waals surface area (Å²) in [6.07, 6.45) is 11.1. The van der Waals surface area contributed by atoms with Gasteiger partial charge in [-0.15, -0.1) is 0 Å². The SMILES string of the molecule is CCC[C@@H]1CC=C(C)[C@H]2CC[C@H](C=O)C[C@@H]12. The van der Waals surface area contributed by atoms with Gasteiger partial charge in [0.2, 0.25) is 0 Å². The van der Waals surface area contributed by atoms with Crippen LogP contribution in [0.1, 0.15) is 52.4 Å². The van der Waals surface area contributed by atoms with E-state index in [-0.39, 0.29) is 0 Å². The Kier molecular flexibility index (Phi) is 3.83. The molecule has 0 spiro atoms. The third-order valence-corrected chi connectivity index (χ3v) is 4.73. The second kappa shape index (κ2) is 5.16. The summed E-state index contributed by atoms with van der Waals surface area (Å²) >= 11 is 0. The van der Waals surface area contributed by atoms with Gasteiger partial charge in [-0.3, -0.25) is 0 Å². The lowest BCUT2D eigenvalue weighted by molar-refractivity contribution is -0.113. The molecular formula is C15H24O. The summed E-state index contributed by atoms with van der Waals surface area (Å²) in [6.45, 7) is 4.57. The van der Waals surface area contributed by atoms with E-state index in [0.717, 1.165) is 30.6 Å². The molecule has 1 fully saturated rings. The van der Waals surface area contributed by atoms with E-state index in [4.69, 9.17) is 0 Å². The normalized spacial score (nSPS) is 38.8. The zero-order valence-corrected chi connectivity index (χ0v) is 10.6. The van der Waals surface area contributed by atoms with Gasteiger partial charge in [0, 0.05) is 5.92 Å². The van der Waals surface area contributed by atoms with Gasteiger partial charge in [-0.05, 0) is 50.4 Å². The Morgan fingerprint density at radius 1 is 1.44 bits per heavy atom. The first kappa shape index (κ1) is 11.9. The third kappa shape index (κ3) is 2.23. The molecule has 0 N–H and O–H groups in total. The van der Waals surface area contributed by atoms with E-state index in [2.05, 4.69) is 19.9 Å². The molecule has 0 amide bonds. The monoisotopic (exact) mass is 220 g/mol. The molecular weight excluding hydrogens is 196 g/mol. The molecule has 0 aromatic heterocycles. The van der Waals surface area contributed by atoms with Gasteiger partial charge in [0.1, 0.15) is 6.29 Å². The van der Waals surface area contributed by atoms with Crippen molar-refractivity contribution in [2.24, 2.45) is 23.7 Å². The van der Waals surface area contributed by atoms with Crippen LogP contribution in [0.25, 0.3) is 0 Å². The van der Waals surface area contributed by atoms with Crippen LogP contribution in [-0.2, 0) is 4.79 Å². The minimum atomic E-state index is 0.353. The van der Waals surface area contributed by atoms with E-state index in [1.54, 1.807) is 5.57 Å². The van der Waals surface area contributed by atoms with Crippen LogP contribution in [-0.4, -0.2) is 6.29 Å². The molecule has 2 aliphatic carbocycles. The molecule has 0 radical (unpaired) electrons. The van der Waals surface area contributed by atoms with E-state index in [1.807, 2.05) is 0 Å². The maximum Gasteiger partial charge on any atom is 0.123 e. The van der Waals surface area contributed by atoms with Crippen LogP contribution in [0, 0.1) is 23.7 Å². The van der Waals surface area contributed by atoms with E-state index >= 15 is 0 Å². The van der Waals surface area contributed by atoms with E-state index in [0.29, 0.717) is 5.92 Å². The fourth-order valence-corrected chi connectivity index (χ4v) is 3.82. The number of aldehydes is 1. The highest BCUT2D eigenvalue weighted by Gasteiger charge is 2.37. The van der Waals surface area contributed by atoms with E-state index < -0.39 is 0 Å². The lowest BCUT2D eigenvalue weighted by Gasteiger charge is -2.42. The van der Waals surface area contributed by atoms with Crippen molar-refractivity contribution >= 4 is 6.29 Å². The Morgan fingerprint density at radius 3 is 2.94 bits per heavy atom. The van der Waals surface area contributed by atoms with Crippen molar-refractivity contribution < 1.29 is 4.79 Å². The maximum atomic E-state index is 11.0. The van der Waals surface area contributed by atoms with Crippen molar-refractivity contribution in [1.29, 1.82) is 0 Å². The predicted octanol–water partition coefficient (Wildman–Crippen LogP) is 3.98. The molecule has 0 heterocycles. The molecule has 90 valence electrons. The predicted molar refractivity (Wildman–Crippen MR) is 67.2 cm³/mol. The first-order valence-corrected chi connectivity index (χ1v) is 6.88. The Bertz CT molecular complexity index is 279. The molecule has 2 rings (SSSR count). The molecule has 1 saturated carbocycles. The molecule has 0 bridgehead atoms. The molecule has 0 aliphatic heterocycles. The number of allylic oxidation sites excluding steroid dienone is 2. The van der Waals surface area contributed by atoms with Gasteiger partial charge in [-0.25, -0.2) is 0 Å². The third-order valence-electron chi connectivity index (χ3n) is 4.73. The van der Waals surface area contributed by atoms with E-state index in [1.165, 1.54) is 32.0 Å². The van der Waals surface area contributed by atoms with Crippen LogP contribution in [0.5, 0.6) is 0 Å². The Hall–Kier alpha value is -0.590. The quantitative estimate of drug-likeness (QED) is 0.519. The first-order chi connectivity index (χ1) is 7.76. The summed E-state index contributed by atoms with van der Waals surface area (Å²) in [5.41, 5.74) is 1.60. The largest absolute Gasteiger partial charge is 0.303 e. The van der Waals surface area contributed by atoms with Gasteiger partial charge in [0.05, 0.1) is 0 Å². The Balaban J connectivity index is 2.11. The second-order valence-electron chi connectivity index (χ2n) is 5.71. The van der Waals surface area contributed by atoms with Crippen molar-refractivity contribution in [3.05, 3.63) is 11.6 Å². The minimum absolute atomic E-state index is 0.353. The van der Waals surface area contributed by atoms with Crippen molar-refractivity contribution in [2.75, 3.05) is 0 Å². The molecule has 2 aliphatic rings. The number of carbonyl (C=O) groups is 1. The van der Waals surface area contributed by atoms with Gasteiger partial charge in [-0.1, -0.05) is 31.4 Å². The van der Waals surface area contributed by atoms with Gasteiger partial charge in [-0.2, -0.15) is 0 Å². The number of carbonyl (C=O) groups excluding carboxylic acids is 1. The van der Waals surface area contributed by atoms with Crippen LogP contribution < -0.4 is 0 Å². The van der Waals surface area contributed by atoms with Gasteiger partial charge in [0.25, 0.3) is 0 Å². The molecule has 0 unspecified atom stereocenters. The standard InChI is InChI=1S/C15H24O/c1-3-4-13-7-5-11(2)14-8-6-12(10-16)9-15(13)14/h5,10,12-15H,3-4,6-9H2,1-2H3/t12-,13+,14+,15-/m0/s1. The van der Waals surface area contributed by atoms with Crippen LogP contribution in [0.4, 0.5) is 0 Å². The summed E-state index contributed by atoms with van der Waals surface area (Å²) in [4.78, 5) is 11.0. The number of fused-ring (bicyclic) bond motifs is 1. The summed E-state index contributed by atoms with van der Waals surface area (Å²) in [5, 5.41) is 0. The maximum absolute atomic E-state index is 11.0. The molecule has 16 heavy (non-hydrogen) atoms. The summed E-state index contributed by atoms with van der Waals surface area (Å²) < 4.78 is 0. The fraction of sp³-hybridized carbons (Fsp3) is 0.800. The van der Waals surface area contributed by atoms with Crippen molar-refractivity contribution in [1.82, 2.24) is 0 Å². The van der Waals surface area contributed by atoms with Crippen LogP contribution >= 0.6 is 0 Å². The summed E-state index contributed by atoms with van der Waals surface area (Å²) in [7, 11) is 0. The van der Waals surface area contributed by atoms with Crippen molar-refractivity contribution in [2.45, 2.75) is 52.4 Å². The highest BCUT2D eigenvalue weighted by Crippen LogP contribution is 2.46. The summed E-state index contributed by atoms with van der Waals surface area (Å²) in [6, 6.07) is 0. The van der Waals surface area contributed by atoms with Crippen molar-refractivity contribution in [3.63, 3.8) is 0 Å². The fourth-order valence-electron chi connectivity index (χ4n) is 3.82. The molecule has 1 heteroatoms. The van der Waals surface area contributed by atoms with Gasteiger partial charge < -0.3 is 4.79 Å². The molecule has 0 aromatic carbocycles. The van der Waals surface area contributed by atoms with Crippen LogP contribution in [0.3, 0.4) is 0 Å². The molecule has 0 aromatic rings. The second-order valence-corrected chi connectivity index (χ2v) is 5.71. The molecule has 1 nitrogen and oxygen atoms in total. The number of hydrogen-bond donors (Lipinski definition) is 0. The zero-order valence-electron chi connectivity index (χ0n) is 10.6. The van der Waals surface area contributed by atoms with Gasteiger partial charge in [0.15, 0.2) is 0 Å². The Labute approximate surface area is 99.3 Å². The highest BCUT2D eigenvalue weighted by molar-refractivity contribution is 5.53. The number of rotatable bonds is 3. The lowest BCUT2D eigenvalue weighted by Crippen LogP contribution is -2.34. The molecule has 4 atom stereocenters.